The molecule has 0 unspecified atom stereocenters. The maximum absolute atomic E-state index is 12.9. The third-order valence-corrected chi connectivity index (χ3v) is 6.73. The van der Waals surface area contributed by atoms with Crippen molar-refractivity contribution in [3.8, 4) is 0 Å². The number of nitrogens with one attached hydrogen (secondary N) is 1. The molecule has 25 heavy (non-hydrogen) atoms. The summed E-state index contributed by atoms with van der Waals surface area (Å²) in [6.07, 6.45) is 1.42. The highest BCUT2D eigenvalue weighted by molar-refractivity contribution is 7.89. The number of sulfonamides is 1. The monoisotopic (exact) mass is 363 g/mol. The lowest BCUT2D eigenvalue weighted by Crippen LogP contribution is -2.29. The molecule has 7 nitrogen and oxygen atoms in total. The van der Waals surface area contributed by atoms with Crippen molar-refractivity contribution in [2.45, 2.75) is 31.6 Å². The van der Waals surface area contributed by atoms with Crippen LogP contribution in [0.15, 0.2) is 29.2 Å². The van der Waals surface area contributed by atoms with Crippen molar-refractivity contribution in [1.82, 2.24) is 14.5 Å². The topological polar surface area (TPSA) is 103 Å². The summed E-state index contributed by atoms with van der Waals surface area (Å²) in [5, 5.41) is 15.8. The van der Waals surface area contributed by atoms with Crippen LogP contribution in [0.2, 0.25) is 0 Å². The molecule has 8 heteroatoms. The summed E-state index contributed by atoms with van der Waals surface area (Å²) >= 11 is 0. The number of aromatic carboxylic acids is 1. The predicted octanol–water partition coefficient (Wildman–Crippen LogP) is 1.98. The van der Waals surface area contributed by atoms with Gasteiger partial charge in [0, 0.05) is 13.1 Å². The van der Waals surface area contributed by atoms with Gasteiger partial charge in [0.15, 0.2) is 0 Å². The molecule has 2 aromatic rings. The molecule has 1 aliphatic heterocycles. The Labute approximate surface area is 146 Å². The molecule has 1 atom stereocenters. The van der Waals surface area contributed by atoms with E-state index in [1.807, 2.05) is 6.07 Å². The van der Waals surface area contributed by atoms with Crippen LogP contribution in [0.3, 0.4) is 0 Å². The molecule has 134 valence electrons. The molecule has 2 heterocycles. The molecular weight excluding hydrogens is 342 g/mol. The zero-order chi connectivity index (χ0) is 18.2. The molecule has 0 saturated carbocycles. The van der Waals surface area contributed by atoms with E-state index in [-0.39, 0.29) is 16.4 Å². The summed E-state index contributed by atoms with van der Waals surface area (Å²) in [6, 6.07) is 6.82. The fraction of sp³-hybridized carbons (Fsp3) is 0.412. The van der Waals surface area contributed by atoms with Gasteiger partial charge in [0.2, 0.25) is 10.0 Å². The Morgan fingerprint density at radius 2 is 2.16 bits per heavy atom. The van der Waals surface area contributed by atoms with Crippen LogP contribution in [0.1, 0.15) is 33.7 Å². The van der Waals surface area contributed by atoms with Crippen molar-refractivity contribution in [2.75, 3.05) is 13.1 Å². The summed E-state index contributed by atoms with van der Waals surface area (Å²) in [5.74, 6) is -0.783. The van der Waals surface area contributed by atoms with Crippen molar-refractivity contribution in [2.24, 2.45) is 5.92 Å². The molecule has 0 spiro atoms. The zero-order valence-electron chi connectivity index (χ0n) is 14.2. The number of hydrogen-bond donors (Lipinski definition) is 2. The highest BCUT2D eigenvalue weighted by Gasteiger charge is 2.35. The first-order chi connectivity index (χ1) is 11.8. The Kier molecular flexibility index (Phi) is 4.66. The number of benzene rings is 1. The predicted molar refractivity (Wildman–Crippen MR) is 92.0 cm³/mol. The maximum Gasteiger partial charge on any atom is 0.335 e. The van der Waals surface area contributed by atoms with E-state index in [0.29, 0.717) is 30.9 Å². The second-order valence-electron chi connectivity index (χ2n) is 6.49. The zero-order valence-corrected chi connectivity index (χ0v) is 15.0. The third kappa shape index (κ3) is 3.45. The van der Waals surface area contributed by atoms with Gasteiger partial charge >= 0.3 is 5.97 Å². The molecule has 2 N–H and O–H groups in total. The number of carbonyl (C=O) groups is 1. The quantitative estimate of drug-likeness (QED) is 0.845. The lowest BCUT2D eigenvalue weighted by atomic mass is 9.97. The van der Waals surface area contributed by atoms with Crippen molar-refractivity contribution in [3.63, 3.8) is 0 Å². The van der Waals surface area contributed by atoms with Crippen LogP contribution in [0.4, 0.5) is 0 Å². The molecule has 1 aromatic heterocycles. The van der Waals surface area contributed by atoms with Gasteiger partial charge in [0.1, 0.15) is 4.90 Å². The molecule has 1 fully saturated rings. The molecule has 0 aliphatic carbocycles. The van der Waals surface area contributed by atoms with Crippen LogP contribution in [0, 0.1) is 19.8 Å². The van der Waals surface area contributed by atoms with Crippen molar-refractivity contribution in [1.29, 1.82) is 0 Å². The van der Waals surface area contributed by atoms with Crippen LogP contribution < -0.4 is 0 Å². The van der Waals surface area contributed by atoms with E-state index in [2.05, 4.69) is 10.2 Å². The van der Waals surface area contributed by atoms with Crippen molar-refractivity contribution < 1.29 is 18.3 Å². The lowest BCUT2D eigenvalue weighted by molar-refractivity contribution is 0.0696. The SMILES string of the molecule is Cc1n[nH]c(C)c1S(=O)(=O)N1CC[C@@H](Cc2cccc(C(=O)O)c2)C1. The third-order valence-electron chi connectivity index (χ3n) is 4.61. The molecule has 1 saturated heterocycles. The van der Waals surface area contributed by atoms with E-state index in [0.717, 1.165) is 12.0 Å². The van der Waals surface area contributed by atoms with Crippen LogP contribution in [0.5, 0.6) is 0 Å². The summed E-state index contributed by atoms with van der Waals surface area (Å²) < 4.78 is 27.2. The van der Waals surface area contributed by atoms with Crippen LogP contribution in [0.25, 0.3) is 0 Å². The fourth-order valence-electron chi connectivity index (χ4n) is 3.40. The van der Waals surface area contributed by atoms with E-state index < -0.39 is 16.0 Å². The number of aryl methyl sites for hydroxylation is 2. The Balaban J connectivity index is 1.74. The molecule has 0 radical (unpaired) electrons. The van der Waals surface area contributed by atoms with E-state index >= 15 is 0 Å². The minimum Gasteiger partial charge on any atom is -0.478 e. The van der Waals surface area contributed by atoms with Crippen molar-refractivity contribution in [3.05, 3.63) is 46.8 Å². The number of aromatic amines is 1. The van der Waals surface area contributed by atoms with Gasteiger partial charge in [0.25, 0.3) is 0 Å². The van der Waals surface area contributed by atoms with Gasteiger partial charge in [-0.2, -0.15) is 9.40 Å². The lowest BCUT2D eigenvalue weighted by Gasteiger charge is -2.17. The minimum absolute atomic E-state index is 0.173. The van der Waals surface area contributed by atoms with E-state index in [1.54, 1.807) is 32.0 Å². The van der Waals surface area contributed by atoms with Gasteiger partial charge in [-0.25, -0.2) is 13.2 Å². The average Bonchev–Trinajstić information content (AvgIpc) is 3.15. The molecule has 1 aliphatic rings. The van der Waals surface area contributed by atoms with Gasteiger partial charge in [-0.3, -0.25) is 5.10 Å². The van der Waals surface area contributed by atoms with Gasteiger partial charge < -0.3 is 5.11 Å². The second kappa shape index (κ2) is 6.61. The van der Waals surface area contributed by atoms with Gasteiger partial charge in [-0.1, -0.05) is 12.1 Å². The van der Waals surface area contributed by atoms with E-state index in [4.69, 9.17) is 5.11 Å². The Bertz CT molecular complexity index is 885. The number of rotatable bonds is 5. The number of aromatic nitrogens is 2. The number of carboxylic acid groups (broad SMARTS) is 1. The Hall–Kier alpha value is -2.19. The number of nitrogens with zero attached hydrogens (tertiary/aromatic N) is 2. The molecular formula is C17H21N3O4S. The highest BCUT2D eigenvalue weighted by Crippen LogP contribution is 2.29. The largest absolute Gasteiger partial charge is 0.478 e. The van der Waals surface area contributed by atoms with Crippen LogP contribution in [-0.2, 0) is 16.4 Å². The second-order valence-corrected chi connectivity index (χ2v) is 8.37. The summed E-state index contributed by atoms with van der Waals surface area (Å²) in [7, 11) is -3.56. The number of hydrogen-bond acceptors (Lipinski definition) is 4. The van der Waals surface area contributed by atoms with Gasteiger partial charge in [-0.15, -0.1) is 0 Å². The minimum atomic E-state index is -3.56. The highest BCUT2D eigenvalue weighted by atomic mass is 32.2. The number of carboxylic acids is 1. The first-order valence-corrected chi connectivity index (χ1v) is 9.57. The standard InChI is InChI=1S/C17H21N3O4S/c1-11-16(12(2)19-18-11)25(23,24)20-7-6-14(10-20)8-13-4-3-5-15(9-13)17(21)22/h3-5,9,14H,6-8,10H2,1-2H3,(H,18,19)(H,21,22)/t14-/m0/s1. The summed E-state index contributed by atoms with van der Waals surface area (Å²) in [5.41, 5.74) is 2.20. The first-order valence-electron chi connectivity index (χ1n) is 8.13. The smallest absolute Gasteiger partial charge is 0.335 e. The van der Waals surface area contributed by atoms with E-state index in [1.165, 1.54) is 4.31 Å². The molecule has 1 aromatic carbocycles. The fourth-order valence-corrected chi connectivity index (χ4v) is 5.26. The normalized spacial score (nSPS) is 18.6. The first kappa shape index (κ1) is 17.6. The van der Waals surface area contributed by atoms with E-state index in [9.17, 15) is 13.2 Å². The summed E-state index contributed by atoms with van der Waals surface area (Å²) in [6.45, 7) is 4.29. The number of H-pyrrole nitrogens is 1. The molecule has 0 bridgehead atoms. The van der Waals surface area contributed by atoms with Crippen molar-refractivity contribution >= 4 is 16.0 Å². The Morgan fingerprint density at radius 3 is 2.80 bits per heavy atom. The van der Waals surface area contributed by atoms with Crippen LogP contribution >= 0.6 is 0 Å². The Morgan fingerprint density at radius 1 is 1.40 bits per heavy atom. The van der Waals surface area contributed by atoms with Gasteiger partial charge in [0.05, 0.1) is 17.0 Å². The van der Waals surface area contributed by atoms with Gasteiger partial charge in [-0.05, 0) is 50.3 Å². The maximum atomic E-state index is 12.9. The summed E-state index contributed by atoms with van der Waals surface area (Å²) in [4.78, 5) is 11.3. The van der Waals surface area contributed by atoms with Crippen LogP contribution in [-0.4, -0.2) is 47.1 Å². The molecule has 3 rings (SSSR count). The average molecular weight is 363 g/mol. The molecule has 0 amide bonds.